The fourth-order valence-corrected chi connectivity index (χ4v) is 5.11. The van der Waals surface area contributed by atoms with Crippen LogP contribution in [-0.2, 0) is 9.39 Å². The maximum Gasteiger partial charge on any atom is 0.0166 e. The number of nitriles is 1. The van der Waals surface area contributed by atoms with Crippen molar-refractivity contribution >= 4 is 41.7 Å². The van der Waals surface area contributed by atoms with Crippen LogP contribution in [0, 0.1) is 30.1 Å². The molecule has 0 spiro atoms. The summed E-state index contributed by atoms with van der Waals surface area (Å²) >= 11 is 0. The number of alkyl carbamates (subject to hydrolysis) is 1. The summed E-state index contributed by atoms with van der Waals surface area (Å²) in [5, 5.41) is 14.0. The van der Waals surface area contributed by atoms with E-state index in [1.807, 2.05) is 13.0 Å². The Balaban J connectivity index is 1.45. The summed E-state index contributed by atoms with van der Waals surface area (Å²) in [5.41, 5.74) is 3.54. The number of carbonyl (C=O) groups excluding carboxylic acids is 2. The van der Waals surface area contributed by atoms with Crippen LogP contribution in [-0.4, -0.2) is 73.5 Å². The molecule has 0 aliphatic carbocycles. The monoisotopic (exact) mass is 603 g/mol. The van der Waals surface area contributed by atoms with Gasteiger partial charge in [0.25, 0.3) is 0 Å². The molecule has 230 valence electrons. The third kappa shape index (κ3) is 8.32. The summed E-state index contributed by atoms with van der Waals surface area (Å²) in [5.74, 6) is -2.82. The van der Waals surface area contributed by atoms with Crippen LogP contribution in [0.4, 0.5) is 19.3 Å². The van der Waals surface area contributed by atoms with Crippen LogP contribution < -0.4 is 10.6 Å². The maximum absolute atomic E-state index is 15.2. The quantitative estimate of drug-likeness (QED) is 0.337. The molecule has 12 heteroatoms. The van der Waals surface area contributed by atoms with E-state index in [1.54, 1.807) is 43.9 Å². The standard InChI is InChI=1S/C32H36BF2N5O4/c1-20-16-24(6-7-25(20)22-8-12-39(5)13-9-22)37-29(41)28-26(34)17-23(18-27(28)35)21-10-14-40(15-11-21)30(33-43-19-36)38-31(42)44-32(2,3)4/h6-8,10,16-18H,9,11-15H2,1-5H3,(H,37,41)(H,38,42). The van der Waals surface area contributed by atoms with Gasteiger partial charge in [-0.15, -0.1) is 0 Å². The Labute approximate surface area is 257 Å². The van der Waals surface area contributed by atoms with Crippen molar-refractivity contribution in [2.45, 2.75) is 46.1 Å². The number of nitrogens with zero attached hydrogens (tertiary/aromatic N) is 3. The van der Waals surface area contributed by atoms with E-state index in [0.29, 0.717) is 29.8 Å². The molecule has 4 rings (SSSR count). The smallest absolute Gasteiger partial charge is 0.0166 e. The first-order chi connectivity index (χ1) is 20.8. The van der Waals surface area contributed by atoms with Crippen molar-refractivity contribution < 1.29 is 27.8 Å². The molecule has 0 aromatic heterocycles. The third-order valence-corrected chi connectivity index (χ3v) is 7.28. The van der Waals surface area contributed by atoms with Gasteiger partial charge in [-0.1, -0.05) is 12.1 Å². The number of amides is 2. The number of likely N-dealkylation sites (N-methyl/N-ethyl adjacent to an activating group) is 1. The molecule has 2 aliphatic heterocycles. The minimum atomic E-state index is -0.972. The number of benzene rings is 2. The first-order valence-electron chi connectivity index (χ1n) is 14.3. The van der Waals surface area contributed by atoms with Gasteiger partial charge < -0.3 is 4.90 Å². The van der Waals surface area contributed by atoms with Crippen molar-refractivity contribution in [3.05, 3.63) is 76.4 Å². The Hall–Kier alpha value is -4.50. The summed E-state index contributed by atoms with van der Waals surface area (Å²) in [6, 6.07) is 7.76. The van der Waals surface area contributed by atoms with E-state index in [1.165, 1.54) is 11.8 Å². The predicted octanol–water partition coefficient (Wildman–Crippen LogP) is 5.06. The Morgan fingerprint density at radius 3 is 2.27 bits per heavy atom. The van der Waals surface area contributed by atoms with Crippen LogP contribution in [0.5, 0.6) is 0 Å². The van der Waals surface area contributed by atoms with Crippen LogP contribution in [0.25, 0.3) is 11.1 Å². The second-order valence-electron chi connectivity index (χ2n) is 11.8. The minimum absolute atomic E-state index is 0.201. The van der Waals surface area contributed by atoms with Crippen LogP contribution >= 0.6 is 0 Å². The largest absolute Gasteiger partial charge is 0.302 e. The fourth-order valence-electron chi connectivity index (χ4n) is 5.11. The second kappa shape index (κ2) is 13.9. The summed E-state index contributed by atoms with van der Waals surface area (Å²) in [6.45, 7) is 9.54. The molecule has 0 fully saturated rings. The summed E-state index contributed by atoms with van der Waals surface area (Å²) < 4.78 is 40.4. The SMILES string of the molecule is Cc1cc(NC(=O)c2c(F)cc(C3=CCN(C(=BOC#N)NC(=O)OC(C)(C)C)CC3)cc2F)ccc1C1=CCN(C)CC1. The van der Waals surface area contributed by atoms with Crippen molar-refractivity contribution in [3.63, 3.8) is 0 Å². The molecule has 2 aromatic rings. The number of hydrogen-bond donors (Lipinski definition) is 2. The van der Waals surface area contributed by atoms with Crippen molar-refractivity contribution in [2.75, 3.05) is 38.5 Å². The van der Waals surface area contributed by atoms with E-state index < -0.39 is 34.8 Å². The first-order valence-corrected chi connectivity index (χ1v) is 14.3. The molecule has 2 aliphatic rings. The van der Waals surface area contributed by atoms with E-state index in [0.717, 1.165) is 49.9 Å². The van der Waals surface area contributed by atoms with Crippen LogP contribution in [0.3, 0.4) is 0 Å². The van der Waals surface area contributed by atoms with Gasteiger partial charge in [0.05, 0.1) is 0 Å². The minimum Gasteiger partial charge on any atom is -0.302 e. The number of anilines is 1. The number of ether oxygens (including phenoxy) is 1. The molecule has 0 saturated carbocycles. The van der Waals surface area contributed by atoms with E-state index in [-0.39, 0.29) is 12.3 Å². The zero-order valence-corrected chi connectivity index (χ0v) is 25.6. The summed E-state index contributed by atoms with van der Waals surface area (Å²) in [7, 11) is 3.16. The molecular weight excluding hydrogens is 567 g/mol. The van der Waals surface area contributed by atoms with Gasteiger partial charge in [-0.3, -0.25) is 0 Å². The van der Waals surface area contributed by atoms with Gasteiger partial charge in [-0.05, 0) is 49.2 Å². The molecule has 2 aromatic carbocycles. The van der Waals surface area contributed by atoms with Gasteiger partial charge in [0.2, 0.25) is 0 Å². The second-order valence-corrected chi connectivity index (χ2v) is 11.8. The molecule has 0 radical (unpaired) electrons. The maximum atomic E-state index is 15.2. The molecule has 2 amide bonds. The first kappa shape index (κ1) is 32.4. The van der Waals surface area contributed by atoms with Crippen molar-refractivity contribution in [2.24, 2.45) is 0 Å². The molecular formula is C32H36BF2N5O4. The zero-order valence-electron chi connectivity index (χ0n) is 25.6. The number of halogens is 2. The predicted molar refractivity (Wildman–Crippen MR) is 167 cm³/mol. The average Bonchev–Trinajstić information content (AvgIpc) is 2.95. The van der Waals surface area contributed by atoms with Gasteiger partial charge in [0, 0.05) is 13.1 Å². The summed E-state index contributed by atoms with van der Waals surface area (Å²) in [6.07, 6.45) is 6.03. The molecule has 44 heavy (non-hydrogen) atoms. The molecule has 9 nitrogen and oxygen atoms in total. The van der Waals surface area contributed by atoms with Crippen molar-refractivity contribution in [1.29, 1.82) is 5.26 Å². The van der Waals surface area contributed by atoms with Crippen LogP contribution in [0.15, 0.2) is 42.5 Å². The van der Waals surface area contributed by atoms with Gasteiger partial charge in [-0.25, -0.2) is 0 Å². The number of nitrogens with one attached hydrogen (secondary N) is 2. The van der Waals surface area contributed by atoms with Gasteiger partial charge >= 0.3 is 178 Å². The van der Waals surface area contributed by atoms with Crippen molar-refractivity contribution in [3.8, 4) is 6.26 Å². The molecule has 2 N–H and O–H groups in total. The normalized spacial score (nSPS) is 15.8. The number of rotatable bonds is 7. The average molecular weight is 603 g/mol. The zero-order chi connectivity index (χ0) is 32.0. The van der Waals surface area contributed by atoms with Gasteiger partial charge in [-0.2, -0.15) is 0 Å². The Bertz CT molecular complexity index is 1550. The van der Waals surface area contributed by atoms with Crippen molar-refractivity contribution in [1.82, 2.24) is 15.1 Å². The molecule has 0 saturated heterocycles. The summed E-state index contributed by atoms with van der Waals surface area (Å²) in [4.78, 5) is 29.2. The van der Waals surface area contributed by atoms with E-state index in [4.69, 9.17) is 14.7 Å². The van der Waals surface area contributed by atoms with Crippen LogP contribution in [0.1, 0.15) is 60.7 Å². The number of carbonyl (C=O) groups is 2. The molecule has 0 unspecified atom stereocenters. The van der Waals surface area contributed by atoms with E-state index in [9.17, 15) is 9.59 Å². The van der Waals surface area contributed by atoms with Gasteiger partial charge in [0.15, 0.2) is 0 Å². The molecule has 2 heterocycles. The topological polar surface area (TPSA) is 107 Å². The Morgan fingerprint density at radius 1 is 1.02 bits per heavy atom. The molecule has 0 bridgehead atoms. The van der Waals surface area contributed by atoms with E-state index in [2.05, 4.69) is 28.7 Å². The number of hydrogen-bond acceptors (Lipinski definition) is 7. The van der Waals surface area contributed by atoms with E-state index >= 15 is 8.78 Å². The number of aryl methyl sites for hydroxylation is 1. The van der Waals surface area contributed by atoms with Crippen LogP contribution in [0.2, 0.25) is 0 Å². The van der Waals surface area contributed by atoms with Gasteiger partial charge in [0.1, 0.15) is 0 Å². The Morgan fingerprint density at radius 2 is 1.70 bits per heavy atom. The fraction of sp³-hybridized carbons (Fsp3) is 0.375. The molecule has 0 atom stereocenters. The third-order valence-electron chi connectivity index (χ3n) is 7.28. The Kier molecular flexibility index (Phi) is 10.2.